The summed E-state index contributed by atoms with van der Waals surface area (Å²) in [6, 6.07) is 1.07. The number of nitrogen functional groups attached to an aromatic ring is 1. The summed E-state index contributed by atoms with van der Waals surface area (Å²) >= 11 is 0. The highest BCUT2D eigenvalue weighted by Gasteiger charge is 2.24. The maximum atomic E-state index is 12.3. The van der Waals surface area contributed by atoms with Gasteiger partial charge in [0.2, 0.25) is 0 Å². The van der Waals surface area contributed by atoms with E-state index in [1.807, 2.05) is 12.2 Å². The first-order valence-corrected chi connectivity index (χ1v) is 6.93. The Labute approximate surface area is 126 Å². The van der Waals surface area contributed by atoms with Gasteiger partial charge in [-0.1, -0.05) is 12.2 Å². The molecule has 0 radical (unpaired) electrons. The molecule has 120 valence electrons. The number of aliphatic carboxylic acids is 1. The molecule has 0 spiro atoms. The van der Waals surface area contributed by atoms with Crippen LogP contribution in [0.1, 0.15) is 12.8 Å². The fourth-order valence-corrected chi connectivity index (χ4v) is 2.66. The minimum Gasteiger partial charge on any atom is -0.480 e. The minimum absolute atomic E-state index is 0.0287. The molecule has 8 nitrogen and oxygen atoms in total. The number of carbonyl (C=O) groups is 1. The lowest BCUT2D eigenvalue weighted by atomic mass is 9.91. The van der Waals surface area contributed by atoms with Crippen molar-refractivity contribution in [3.05, 3.63) is 39.1 Å². The Morgan fingerprint density at radius 2 is 2.05 bits per heavy atom. The number of carboxylic acids is 1. The highest BCUT2D eigenvalue weighted by atomic mass is 16.5. The smallest absolute Gasteiger partial charge is 0.333 e. The molecule has 0 bridgehead atoms. The van der Waals surface area contributed by atoms with Gasteiger partial charge in [0.1, 0.15) is 12.4 Å². The lowest BCUT2D eigenvalue weighted by Gasteiger charge is -2.28. The highest BCUT2D eigenvalue weighted by molar-refractivity contribution is 5.66. The Kier molecular flexibility index (Phi) is 4.81. The van der Waals surface area contributed by atoms with Crippen LogP contribution in [-0.4, -0.2) is 33.4 Å². The van der Waals surface area contributed by atoms with Crippen LogP contribution in [-0.2, 0) is 22.6 Å². The number of ether oxygens (including phenoxy) is 1. The van der Waals surface area contributed by atoms with Gasteiger partial charge in [0.05, 0.1) is 6.10 Å². The number of rotatable bonds is 5. The van der Waals surface area contributed by atoms with Crippen LogP contribution < -0.4 is 17.0 Å². The van der Waals surface area contributed by atoms with E-state index in [0.29, 0.717) is 4.57 Å². The van der Waals surface area contributed by atoms with Gasteiger partial charge >= 0.3 is 11.7 Å². The number of aromatic nitrogens is 2. The Bertz CT molecular complexity index is 703. The van der Waals surface area contributed by atoms with Crippen LogP contribution in [0.3, 0.4) is 0 Å². The van der Waals surface area contributed by atoms with Gasteiger partial charge in [-0.05, 0) is 12.8 Å². The summed E-state index contributed by atoms with van der Waals surface area (Å²) in [5.41, 5.74) is 4.34. The van der Waals surface area contributed by atoms with Crippen molar-refractivity contribution in [2.75, 3.05) is 12.8 Å². The third-order valence-corrected chi connectivity index (χ3v) is 3.82. The molecule has 0 aromatic carbocycles. The first kappa shape index (κ1) is 16.0. The van der Waals surface area contributed by atoms with E-state index >= 15 is 0 Å². The van der Waals surface area contributed by atoms with E-state index < -0.39 is 23.8 Å². The summed E-state index contributed by atoms with van der Waals surface area (Å²) in [6.07, 6.45) is 5.44. The second kappa shape index (κ2) is 6.61. The van der Waals surface area contributed by atoms with E-state index in [-0.39, 0.29) is 24.4 Å². The largest absolute Gasteiger partial charge is 0.480 e. The van der Waals surface area contributed by atoms with E-state index in [2.05, 4.69) is 0 Å². The SMILES string of the molecule is COC1CC=CCC1Cn1c(N)cc(=O)n(CC(=O)O)c1=O. The van der Waals surface area contributed by atoms with Crippen molar-refractivity contribution >= 4 is 11.8 Å². The number of anilines is 1. The number of nitrogens with zero attached hydrogens (tertiary/aromatic N) is 2. The van der Waals surface area contributed by atoms with Gasteiger partial charge in [-0.2, -0.15) is 0 Å². The number of hydrogen-bond donors (Lipinski definition) is 2. The number of hydrogen-bond acceptors (Lipinski definition) is 5. The first-order chi connectivity index (χ1) is 10.4. The molecular weight excluding hydrogens is 290 g/mol. The first-order valence-electron chi connectivity index (χ1n) is 6.93. The summed E-state index contributed by atoms with van der Waals surface area (Å²) < 4.78 is 7.31. The zero-order valence-electron chi connectivity index (χ0n) is 12.3. The van der Waals surface area contributed by atoms with Crippen LogP contribution in [0.4, 0.5) is 5.82 Å². The predicted octanol–water partition coefficient (Wildman–Crippen LogP) is -0.342. The molecule has 3 N–H and O–H groups in total. The molecule has 0 saturated heterocycles. The summed E-state index contributed by atoms with van der Waals surface area (Å²) in [5.74, 6) is -1.20. The van der Waals surface area contributed by atoms with Crippen molar-refractivity contribution in [3.8, 4) is 0 Å². The minimum atomic E-state index is -1.26. The molecule has 0 amide bonds. The molecule has 22 heavy (non-hydrogen) atoms. The van der Waals surface area contributed by atoms with Crippen molar-refractivity contribution in [2.45, 2.75) is 32.0 Å². The van der Waals surface area contributed by atoms with Crippen molar-refractivity contribution in [2.24, 2.45) is 5.92 Å². The van der Waals surface area contributed by atoms with Crippen LogP contribution in [0, 0.1) is 5.92 Å². The quantitative estimate of drug-likeness (QED) is 0.719. The van der Waals surface area contributed by atoms with Gasteiger partial charge in [0.15, 0.2) is 0 Å². The molecule has 0 aliphatic heterocycles. The van der Waals surface area contributed by atoms with E-state index in [1.165, 1.54) is 4.57 Å². The number of carboxylic acid groups (broad SMARTS) is 1. The zero-order valence-corrected chi connectivity index (χ0v) is 12.3. The topological polar surface area (TPSA) is 117 Å². The van der Waals surface area contributed by atoms with Gasteiger partial charge in [-0.3, -0.25) is 14.2 Å². The van der Waals surface area contributed by atoms with Crippen molar-refractivity contribution < 1.29 is 14.6 Å². The average Bonchev–Trinajstić information content (AvgIpc) is 2.48. The Balaban J connectivity index is 2.38. The number of nitrogens with two attached hydrogens (primary N) is 1. The van der Waals surface area contributed by atoms with Crippen LogP contribution in [0.15, 0.2) is 27.8 Å². The standard InChI is InChI=1S/C14H19N3O5/c1-22-10-5-3-2-4-9(10)7-16-11(15)6-12(18)17(14(16)21)8-13(19)20/h2-3,6,9-10H,4-5,7-8,15H2,1H3,(H,19,20). The summed E-state index contributed by atoms with van der Waals surface area (Å²) in [5, 5.41) is 8.81. The maximum absolute atomic E-state index is 12.3. The molecule has 1 aliphatic rings. The fourth-order valence-electron chi connectivity index (χ4n) is 2.66. The molecule has 0 saturated carbocycles. The second-order valence-corrected chi connectivity index (χ2v) is 5.26. The lowest BCUT2D eigenvalue weighted by Crippen LogP contribution is -2.44. The maximum Gasteiger partial charge on any atom is 0.333 e. The van der Waals surface area contributed by atoms with E-state index in [9.17, 15) is 14.4 Å². The van der Waals surface area contributed by atoms with Crippen molar-refractivity contribution in [1.82, 2.24) is 9.13 Å². The van der Waals surface area contributed by atoms with Gasteiger partial charge < -0.3 is 15.6 Å². The molecule has 1 heterocycles. The molecule has 2 unspecified atom stereocenters. The zero-order chi connectivity index (χ0) is 16.3. The van der Waals surface area contributed by atoms with Crippen LogP contribution in [0.25, 0.3) is 0 Å². The Morgan fingerprint density at radius 3 is 2.68 bits per heavy atom. The van der Waals surface area contributed by atoms with Crippen molar-refractivity contribution in [3.63, 3.8) is 0 Å². The molecule has 2 rings (SSSR count). The van der Waals surface area contributed by atoms with Gasteiger partial charge in [0.25, 0.3) is 5.56 Å². The van der Waals surface area contributed by atoms with Gasteiger partial charge in [-0.15, -0.1) is 0 Å². The van der Waals surface area contributed by atoms with Gasteiger partial charge in [0, 0.05) is 25.6 Å². The fraction of sp³-hybridized carbons (Fsp3) is 0.500. The summed E-state index contributed by atoms with van der Waals surface area (Å²) in [6.45, 7) is -0.413. The van der Waals surface area contributed by atoms with E-state index in [0.717, 1.165) is 18.9 Å². The monoisotopic (exact) mass is 309 g/mol. The number of allylic oxidation sites excluding steroid dienone is 1. The highest BCUT2D eigenvalue weighted by Crippen LogP contribution is 2.23. The van der Waals surface area contributed by atoms with Gasteiger partial charge in [-0.25, -0.2) is 9.36 Å². The lowest BCUT2D eigenvalue weighted by molar-refractivity contribution is -0.137. The molecule has 1 aromatic rings. The average molecular weight is 309 g/mol. The number of methoxy groups -OCH3 is 1. The molecular formula is C14H19N3O5. The third kappa shape index (κ3) is 3.28. The van der Waals surface area contributed by atoms with Crippen molar-refractivity contribution in [1.29, 1.82) is 0 Å². The molecule has 1 aliphatic carbocycles. The van der Waals surface area contributed by atoms with Crippen LogP contribution >= 0.6 is 0 Å². The van der Waals surface area contributed by atoms with Crippen LogP contribution in [0.2, 0.25) is 0 Å². The molecule has 8 heteroatoms. The normalized spacial score (nSPS) is 21.0. The van der Waals surface area contributed by atoms with Crippen LogP contribution in [0.5, 0.6) is 0 Å². The van der Waals surface area contributed by atoms with E-state index in [1.54, 1.807) is 7.11 Å². The third-order valence-electron chi connectivity index (χ3n) is 3.82. The summed E-state index contributed by atoms with van der Waals surface area (Å²) in [7, 11) is 1.61. The predicted molar refractivity (Wildman–Crippen MR) is 79.7 cm³/mol. The Hall–Kier alpha value is -2.35. The molecule has 1 aromatic heterocycles. The second-order valence-electron chi connectivity index (χ2n) is 5.26. The Morgan fingerprint density at radius 1 is 1.36 bits per heavy atom. The molecule has 2 atom stereocenters. The molecule has 0 fully saturated rings. The van der Waals surface area contributed by atoms with E-state index in [4.69, 9.17) is 15.6 Å². The summed E-state index contributed by atoms with van der Waals surface area (Å²) in [4.78, 5) is 34.9.